The third-order valence-corrected chi connectivity index (χ3v) is 3.82. The van der Waals surface area contributed by atoms with E-state index < -0.39 is 0 Å². The van der Waals surface area contributed by atoms with Crippen molar-refractivity contribution in [1.29, 1.82) is 0 Å². The van der Waals surface area contributed by atoms with E-state index in [1.807, 2.05) is 18.2 Å². The SMILES string of the molecule is COc1ccc(CC(N)c2c(C)cccc2C)cc1OC. The first-order chi connectivity index (χ1) is 10.1. The minimum Gasteiger partial charge on any atom is -0.493 e. The highest BCUT2D eigenvalue weighted by molar-refractivity contribution is 5.44. The number of benzene rings is 2. The van der Waals surface area contributed by atoms with E-state index in [9.17, 15) is 0 Å². The van der Waals surface area contributed by atoms with Crippen LogP contribution < -0.4 is 15.2 Å². The van der Waals surface area contributed by atoms with Crippen LogP contribution >= 0.6 is 0 Å². The third-order valence-electron chi connectivity index (χ3n) is 3.82. The minimum atomic E-state index is -0.0238. The molecule has 1 unspecified atom stereocenters. The van der Waals surface area contributed by atoms with E-state index in [1.54, 1.807) is 14.2 Å². The normalized spacial score (nSPS) is 12.0. The number of nitrogens with two attached hydrogens (primary N) is 1. The van der Waals surface area contributed by atoms with Gasteiger partial charge in [-0.25, -0.2) is 0 Å². The van der Waals surface area contributed by atoms with Crippen LogP contribution in [0.4, 0.5) is 0 Å². The highest BCUT2D eigenvalue weighted by Gasteiger charge is 2.13. The van der Waals surface area contributed by atoms with E-state index in [0.29, 0.717) is 0 Å². The number of hydrogen-bond acceptors (Lipinski definition) is 3. The van der Waals surface area contributed by atoms with Crippen molar-refractivity contribution in [1.82, 2.24) is 0 Å². The molecule has 0 fully saturated rings. The number of methoxy groups -OCH3 is 2. The van der Waals surface area contributed by atoms with Crippen LogP contribution in [-0.4, -0.2) is 14.2 Å². The van der Waals surface area contributed by atoms with Crippen molar-refractivity contribution in [3.8, 4) is 11.5 Å². The quantitative estimate of drug-likeness (QED) is 0.913. The van der Waals surface area contributed by atoms with E-state index in [-0.39, 0.29) is 6.04 Å². The maximum Gasteiger partial charge on any atom is 0.160 e. The summed E-state index contributed by atoms with van der Waals surface area (Å²) in [6.07, 6.45) is 0.770. The predicted molar refractivity (Wildman–Crippen MR) is 86.1 cm³/mol. The Morgan fingerprint density at radius 1 is 0.952 bits per heavy atom. The average Bonchev–Trinajstić information content (AvgIpc) is 2.46. The molecule has 0 bridgehead atoms. The fourth-order valence-corrected chi connectivity index (χ4v) is 2.78. The molecule has 0 saturated heterocycles. The fraction of sp³-hybridized carbons (Fsp3) is 0.333. The van der Waals surface area contributed by atoms with Crippen LogP contribution in [0.15, 0.2) is 36.4 Å². The summed E-state index contributed by atoms with van der Waals surface area (Å²) in [7, 11) is 3.28. The highest BCUT2D eigenvalue weighted by atomic mass is 16.5. The van der Waals surface area contributed by atoms with E-state index in [2.05, 4.69) is 32.0 Å². The lowest BCUT2D eigenvalue weighted by Gasteiger charge is -2.18. The molecule has 1 atom stereocenters. The largest absolute Gasteiger partial charge is 0.493 e. The van der Waals surface area contributed by atoms with Gasteiger partial charge in [0.2, 0.25) is 0 Å². The lowest BCUT2D eigenvalue weighted by Crippen LogP contribution is -2.16. The predicted octanol–water partition coefficient (Wildman–Crippen LogP) is 3.56. The van der Waals surface area contributed by atoms with Crippen molar-refractivity contribution in [2.24, 2.45) is 5.73 Å². The topological polar surface area (TPSA) is 44.5 Å². The molecule has 2 aromatic rings. The summed E-state index contributed by atoms with van der Waals surface area (Å²) in [6.45, 7) is 4.22. The maximum absolute atomic E-state index is 6.42. The molecule has 112 valence electrons. The van der Waals surface area contributed by atoms with Crippen LogP contribution in [0.1, 0.15) is 28.3 Å². The van der Waals surface area contributed by atoms with E-state index in [1.165, 1.54) is 16.7 Å². The number of aryl methyl sites for hydroxylation is 2. The second-order valence-corrected chi connectivity index (χ2v) is 5.31. The van der Waals surface area contributed by atoms with Gasteiger partial charge in [-0.15, -0.1) is 0 Å². The Morgan fingerprint density at radius 3 is 2.14 bits per heavy atom. The standard InChI is InChI=1S/C18H23NO2/c1-12-6-5-7-13(2)18(12)15(19)10-14-8-9-16(20-3)17(11-14)21-4/h5-9,11,15H,10,19H2,1-4H3. The Hall–Kier alpha value is -2.00. The van der Waals surface area contributed by atoms with Gasteiger partial charge in [0.05, 0.1) is 14.2 Å². The van der Waals surface area contributed by atoms with Crippen LogP contribution in [0.25, 0.3) is 0 Å². The Bertz CT molecular complexity index is 602. The van der Waals surface area contributed by atoms with E-state index >= 15 is 0 Å². The van der Waals surface area contributed by atoms with Crippen molar-refractivity contribution >= 4 is 0 Å². The van der Waals surface area contributed by atoms with Gasteiger partial charge in [-0.05, 0) is 54.7 Å². The summed E-state index contributed by atoms with van der Waals surface area (Å²) in [4.78, 5) is 0. The molecule has 2 aromatic carbocycles. The van der Waals surface area contributed by atoms with E-state index in [4.69, 9.17) is 15.2 Å². The summed E-state index contributed by atoms with van der Waals surface area (Å²) >= 11 is 0. The van der Waals surface area contributed by atoms with Crippen molar-refractivity contribution in [3.63, 3.8) is 0 Å². The van der Waals surface area contributed by atoms with Gasteiger partial charge in [0, 0.05) is 6.04 Å². The van der Waals surface area contributed by atoms with Crippen molar-refractivity contribution < 1.29 is 9.47 Å². The lowest BCUT2D eigenvalue weighted by atomic mass is 9.92. The molecule has 0 saturated carbocycles. The molecule has 0 aliphatic rings. The first-order valence-electron chi connectivity index (χ1n) is 7.09. The Labute approximate surface area is 126 Å². The molecular weight excluding hydrogens is 262 g/mol. The smallest absolute Gasteiger partial charge is 0.160 e. The van der Waals surface area contributed by atoms with Gasteiger partial charge in [0.1, 0.15) is 0 Å². The Morgan fingerprint density at radius 2 is 1.57 bits per heavy atom. The van der Waals surface area contributed by atoms with Crippen molar-refractivity contribution in [2.45, 2.75) is 26.3 Å². The zero-order valence-corrected chi connectivity index (χ0v) is 13.1. The molecule has 0 spiro atoms. The first-order valence-corrected chi connectivity index (χ1v) is 7.09. The molecule has 21 heavy (non-hydrogen) atoms. The summed E-state index contributed by atoms with van der Waals surface area (Å²) in [5.41, 5.74) is 11.3. The second-order valence-electron chi connectivity index (χ2n) is 5.31. The number of ether oxygens (including phenoxy) is 2. The summed E-state index contributed by atoms with van der Waals surface area (Å²) in [6, 6.07) is 12.2. The monoisotopic (exact) mass is 285 g/mol. The van der Waals surface area contributed by atoms with Crippen LogP contribution in [0.5, 0.6) is 11.5 Å². The van der Waals surface area contributed by atoms with Crippen molar-refractivity contribution in [3.05, 3.63) is 58.7 Å². The van der Waals surface area contributed by atoms with Gasteiger partial charge >= 0.3 is 0 Å². The van der Waals surface area contributed by atoms with Crippen LogP contribution in [0.3, 0.4) is 0 Å². The lowest BCUT2D eigenvalue weighted by molar-refractivity contribution is 0.354. The molecule has 0 heterocycles. The molecule has 0 aliphatic heterocycles. The summed E-state index contributed by atoms with van der Waals surface area (Å²) in [5.74, 6) is 1.48. The van der Waals surface area contributed by atoms with Gasteiger partial charge < -0.3 is 15.2 Å². The average molecular weight is 285 g/mol. The molecule has 3 heteroatoms. The molecule has 3 nitrogen and oxygen atoms in total. The van der Waals surface area contributed by atoms with Gasteiger partial charge in [-0.2, -0.15) is 0 Å². The Kier molecular flexibility index (Phi) is 4.86. The number of hydrogen-bond donors (Lipinski definition) is 1. The Balaban J connectivity index is 2.25. The van der Waals surface area contributed by atoms with Crippen LogP contribution in [0, 0.1) is 13.8 Å². The van der Waals surface area contributed by atoms with E-state index in [0.717, 1.165) is 23.5 Å². The zero-order chi connectivity index (χ0) is 15.4. The molecular formula is C18H23NO2. The first kappa shape index (κ1) is 15.4. The van der Waals surface area contributed by atoms with Gasteiger partial charge in [0.15, 0.2) is 11.5 Å². The van der Waals surface area contributed by atoms with Crippen LogP contribution in [0.2, 0.25) is 0 Å². The van der Waals surface area contributed by atoms with Gasteiger partial charge in [-0.1, -0.05) is 24.3 Å². The summed E-state index contributed by atoms with van der Waals surface area (Å²) < 4.78 is 10.6. The van der Waals surface area contributed by atoms with Crippen LogP contribution in [-0.2, 0) is 6.42 Å². The second kappa shape index (κ2) is 6.64. The fourth-order valence-electron chi connectivity index (χ4n) is 2.78. The molecule has 0 amide bonds. The molecule has 0 aliphatic carbocycles. The minimum absolute atomic E-state index is 0.0238. The molecule has 2 N–H and O–H groups in total. The molecule has 0 aromatic heterocycles. The van der Waals surface area contributed by atoms with Crippen molar-refractivity contribution in [2.75, 3.05) is 14.2 Å². The third kappa shape index (κ3) is 3.37. The molecule has 0 radical (unpaired) electrons. The highest BCUT2D eigenvalue weighted by Crippen LogP contribution is 2.30. The zero-order valence-electron chi connectivity index (χ0n) is 13.1. The molecule has 2 rings (SSSR count). The van der Waals surface area contributed by atoms with Gasteiger partial charge in [0.25, 0.3) is 0 Å². The maximum atomic E-state index is 6.42. The summed E-state index contributed by atoms with van der Waals surface area (Å²) in [5, 5.41) is 0. The number of rotatable bonds is 5. The van der Waals surface area contributed by atoms with Gasteiger partial charge in [-0.3, -0.25) is 0 Å².